The van der Waals surface area contributed by atoms with E-state index in [9.17, 15) is 4.79 Å². The zero-order valence-corrected chi connectivity index (χ0v) is 12.2. The van der Waals surface area contributed by atoms with Crippen LogP contribution in [-0.2, 0) is 24.7 Å². The third-order valence-corrected chi connectivity index (χ3v) is 3.33. The van der Waals surface area contributed by atoms with Crippen molar-refractivity contribution in [2.24, 2.45) is 18.2 Å². The summed E-state index contributed by atoms with van der Waals surface area (Å²) in [7, 11) is 1.88. The van der Waals surface area contributed by atoms with Crippen LogP contribution >= 0.6 is 0 Å². The smallest absolute Gasteiger partial charge is 0.140 e. The quantitative estimate of drug-likeness (QED) is 0.869. The number of nitrogens with two attached hydrogens (primary N) is 1. The maximum atomic E-state index is 12.0. The van der Waals surface area contributed by atoms with Gasteiger partial charge in [0.1, 0.15) is 5.78 Å². The van der Waals surface area contributed by atoms with Crippen molar-refractivity contribution in [3.05, 3.63) is 17.5 Å². The summed E-state index contributed by atoms with van der Waals surface area (Å²) in [4.78, 5) is 12.0. The molecule has 4 heteroatoms. The number of nitrogens with zero attached hydrogens (tertiary/aromatic N) is 2. The lowest BCUT2D eigenvalue weighted by Gasteiger charge is -2.26. The normalized spacial score (nSPS) is 13.7. The molecule has 2 N–H and O–H groups in total. The molecular formula is C14H25N3O. The van der Waals surface area contributed by atoms with Crippen LogP contribution in [-0.4, -0.2) is 21.6 Å². The van der Waals surface area contributed by atoms with E-state index in [0.717, 1.165) is 17.8 Å². The number of carbonyl (C=O) groups excluding carboxylic acids is 1. The number of rotatable bonds is 5. The molecule has 0 aliphatic carbocycles. The lowest BCUT2D eigenvalue weighted by molar-refractivity contribution is -0.119. The molecule has 1 heterocycles. The predicted octanol–water partition coefficient (Wildman–Crippen LogP) is 1.86. The molecule has 18 heavy (non-hydrogen) atoms. The van der Waals surface area contributed by atoms with Crippen LogP contribution in [0.3, 0.4) is 0 Å². The zero-order chi connectivity index (χ0) is 13.9. The van der Waals surface area contributed by atoms with Gasteiger partial charge >= 0.3 is 0 Å². The fourth-order valence-corrected chi connectivity index (χ4v) is 1.74. The van der Waals surface area contributed by atoms with Gasteiger partial charge in [-0.25, -0.2) is 0 Å². The molecule has 1 unspecified atom stereocenters. The second-order valence-electron chi connectivity index (χ2n) is 6.00. The van der Waals surface area contributed by atoms with Gasteiger partial charge in [-0.2, -0.15) is 5.10 Å². The largest absolute Gasteiger partial charge is 0.327 e. The van der Waals surface area contributed by atoms with Crippen molar-refractivity contribution in [1.29, 1.82) is 0 Å². The third-order valence-electron chi connectivity index (χ3n) is 3.33. The van der Waals surface area contributed by atoms with Crippen LogP contribution in [0.4, 0.5) is 0 Å². The number of Topliss-reactive ketones (excluding diaryl/α,β-unsaturated/α-hetero) is 1. The Balaban J connectivity index is 2.62. The first kappa shape index (κ1) is 14.9. The minimum atomic E-state index is -0.0936. The second-order valence-corrected chi connectivity index (χ2v) is 6.00. The van der Waals surface area contributed by atoms with Gasteiger partial charge in [-0.05, 0) is 17.9 Å². The highest BCUT2D eigenvalue weighted by Gasteiger charge is 2.23. The van der Waals surface area contributed by atoms with E-state index < -0.39 is 0 Å². The first-order valence-corrected chi connectivity index (χ1v) is 6.53. The first-order valence-electron chi connectivity index (χ1n) is 6.53. The summed E-state index contributed by atoms with van der Waals surface area (Å²) in [6, 6.07) is 1.91. The Labute approximate surface area is 110 Å². The van der Waals surface area contributed by atoms with E-state index >= 15 is 0 Å². The van der Waals surface area contributed by atoms with Crippen LogP contribution in [0.15, 0.2) is 6.07 Å². The van der Waals surface area contributed by atoms with Crippen molar-refractivity contribution >= 4 is 5.78 Å². The summed E-state index contributed by atoms with van der Waals surface area (Å²) in [5.41, 5.74) is 8.00. The predicted molar refractivity (Wildman–Crippen MR) is 73.3 cm³/mol. The lowest BCUT2D eigenvalue weighted by Crippen LogP contribution is -2.37. The molecule has 0 aliphatic rings. The van der Waals surface area contributed by atoms with E-state index in [1.165, 1.54) is 0 Å². The molecule has 0 amide bonds. The number of hydrogen-bond acceptors (Lipinski definition) is 3. The van der Waals surface area contributed by atoms with Crippen molar-refractivity contribution in [1.82, 2.24) is 9.78 Å². The lowest BCUT2D eigenvalue weighted by atomic mass is 9.84. The van der Waals surface area contributed by atoms with Crippen LogP contribution in [0, 0.1) is 5.41 Å². The second kappa shape index (κ2) is 5.65. The van der Waals surface area contributed by atoms with Gasteiger partial charge in [0.25, 0.3) is 0 Å². The standard InChI is InChI=1S/C14H25N3O/c1-6-10-7-11(17(5)16-10)8-12(18)9-13(15)14(2,3)4/h7,13H,6,8-9,15H2,1-5H3. The zero-order valence-electron chi connectivity index (χ0n) is 12.2. The molecule has 0 aromatic carbocycles. The fraction of sp³-hybridized carbons (Fsp3) is 0.714. The monoisotopic (exact) mass is 251 g/mol. The summed E-state index contributed by atoms with van der Waals surface area (Å²) in [5.74, 6) is 0.183. The van der Waals surface area contributed by atoms with Gasteiger partial charge in [-0.15, -0.1) is 0 Å². The summed E-state index contributed by atoms with van der Waals surface area (Å²) in [6.07, 6.45) is 1.74. The van der Waals surface area contributed by atoms with E-state index in [1.54, 1.807) is 4.68 Å². The number of hydrogen-bond donors (Lipinski definition) is 1. The average molecular weight is 251 g/mol. The van der Waals surface area contributed by atoms with E-state index in [-0.39, 0.29) is 17.2 Å². The minimum absolute atomic E-state index is 0.0311. The maximum Gasteiger partial charge on any atom is 0.140 e. The minimum Gasteiger partial charge on any atom is -0.327 e. The Morgan fingerprint density at radius 1 is 1.50 bits per heavy atom. The van der Waals surface area contributed by atoms with Gasteiger partial charge in [0.2, 0.25) is 0 Å². The van der Waals surface area contributed by atoms with Crippen LogP contribution in [0.5, 0.6) is 0 Å². The Morgan fingerprint density at radius 2 is 2.11 bits per heavy atom. The molecule has 0 radical (unpaired) electrons. The van der Waals surface area contributed by atoms with Crippen molar-refractivity contribution in [3.63, 3.8) is 0 Å². The average Bonchev–Trinajstić information content (AvgIpc) is 2.58. The summed E-state index contributed by atoms with van der Waals surface area (Å²) in [5, 5.41) is 4.34. The highest BCUT2D eigenvalue weighted by molar-refractivity contribution is 5.81. The summed E-state index contributed by atoms with van der Waals surface area (Å²) < 4.78 is 1.79. The van der Waals surface area contributed by atoms with E-state index in [0.29, 0.717) is 12.8 Å². The maximum absolute atomic E-state index is 12.0. The molecule has 0 saturated carbocycles. The third kappa shape index (κ3) is 3.95. The number of aryl methyl sites for hydroxylation is 2. The van der Waals surface area contributed by atoms with Crippen LogP contribution in [0.25, 0.3) is 0 Å². The Kier molecular flexibility index (Phi) is 4.68. The molecule has 0 saturated heterocycles. The van der Waals surface area contributed by atoms with Gasteiger partial charge in [-0.1, -0.05) is 27.7 Å². The molecule has 0 fully saturated rings. The van der Waals surface area contributed by atoms with Crippen LogP contribution < -0.4 is 5.73 Å². The Bertz CT molecular complexity index is 415. The summed E-state index contributed by atoms with van der Waals surface area (Å²) in [6.45, 7) is 8.24. The van der Waals surface area contributed by atoms with Crippen molar-refractivity contribution in [3.8, 4) is 0 Å². The Hall–Kier alpha value is -1.16. The highest BCUT2D eigenvalue weighted by Crippen LogP contribution is 2.20. The Morgan fingerprint density at radius 3 is 2.56 bits per heavy atom. The fourth-order valence-electron chi connectivity index (χ4n) is 1.74. The number of carbonyl (C=O) groups is 1. The van der Waals surface area contributed by atoms with Gasteiger partial charge < -0.3 is 5.73 Å². The van der Waals surface area contributed by atoms with E-state index in [2.05, 4.69) is 32.8 Å². The van der Waals surface area contributed by atoms with Crippen LogP contribution in [0.2, 0.25) is 0 Å². The van der Waals surface area contributed by atoms with Gasteiger partial charge in [0.15, 0.2) is 0 Å². The van der Waals surface area contributed by atoms with E-state index in [1.807, 2.05) is 13.1 Å². The van der Waals surface area contributed by atoms with Crippen LogP contribution in [0.1, 0.15) is 45.5 Å². The molecule has 1 atom stereocenters. The first-order chi connectivity index (χ1) is 8.24. The molecule has 1 aromatic heterocycles. The molecule has 102 valence electrons. The van der Waals surface area contributed by atoms with Crippen molar-refractivity contribution in [2.75, 3.05) is 0 Å². The molecule has 0 bridgehead atoms. The number of aromatic nitrogens is 2. The number of ketones is 1. The SMILES string of the molecule is CCc1cc(CC(=O)CC(N)C(C)(C)C)n(C)n1. The molecule has 0 spiro atoms. The molecular weight excluding hydrogens is 226 g/mol. The topological polar surface area (TPSA) is 60.9 Å². The van der Waals surface area contributed by atoms with Gasteiger partial charge in [0.05, 0.1) is 5.69 Å². The van der Waals surface area contributed by atoms with Crippen molar-refractivity contribution in [2.45, 2.75) is 53.0 Å². The van der Waals surface area contributed by atoms with Gasteiger partial charge in [0, 0.05) is 31.6 Å². The highest BCUT2D eigenvalue weighted by atomic mass is 16.1. The molecule has 1 aromatic rings. The van der Waals surface area contributed by atoms with Gasteiger partial charge in [-0.3, -0.25) is 9.48 Å². The summed E-state index contributed by atoms with van der Waals surface area (Å²) >= 11 is 0. The molecule has 4 nitrogen and oxygen atoms in total. The molecule has 0 aliphatic heterocycles. The van der Waals surface area contributed by atoms with Crippen molar-refractivity contribution < 1.29 is 4.79 Å². The van der Waals surface area contributed by atoms with E-state index in [4.69, 9.17) is 5.73 Å². The molecule has 1 rings (SSSR count).